The van der Waals surface area contributed by atoms with Gasteiger partial charge in [0, 0.05) is 6.61 Å². The average molecular weight is 176 g/mol. The predicted octanol–water partition coefficient (Wildman–Crippen LogP) is 3.19. The predicted molar refractivity (Wildman–Crippen MR) is 50.1 cm³/mol. The van der Waals surface area contributed by atoms with E-state index in [-0.39, 0.29) is 17.7 Å². The first-order chi connectivity index (χ1) is 5.27. The number of hydrogen-bond acceptors (Lipinski definition) is 1. The second-order valence-electron chi connectivity index (χ2n) is 5.01. The molecule has 0 aromatic rings. The Morgan fingerprint density at radius 2 is 1.58 bits per heavy atom. The molecule has 0 amide bonds. The van der Waals surface area contributed by atoms with Crippen LogP contribution in [0.3, 0.4) is 0 Å². The van der Waals surface area contributed by atoms with Crippen LogP contribution in [0.2, 0.25) is 0 Å². The normalized spacial score (nSPS) is 13.5. The lowest BCUT2D eigenvalue weighted by atomic mass is 9.92. The first kappa shape index (κ1) is 11.9. The maximum atomic E-state index is 12.3. The quantitative estimate of drug-likeness (QED) is 0.639. The van der Waals surface area contributed by atoms with E-state index in [2.05, 4.69) is 0 Å². The van der Waals surface area contributed by atoms with Crippen molar-refractivity contribution < 1.29 is 9.13 Å². The lowest BCUT2D eigenvalue weighted by molar-refractivity contribution is -0.0175. The smallest absolute Gasteiger partial charge is 0.0946 e. The van der Waals surface area contributed by atoms with Gasteiger partial charge in [-0.25, -0.2) is 0 Å². The molecular weight excluding hydrogens is 155 g/mol. The molecule has 0 aromatic carbocycles. The van der Waals surface area contributed by atoms with Crippen LogP contribution in [0, 0.1) is 5.41 Å². The monoisotopic (exact) mass is 176 g/mol. The maximum Gasteiger partial charge on any atom is 0.0946 e. The molecule has 12 heavy (non-hydrogen) atoms. The largest absolute Gasteiger partial charge is 0.376 e. The van der Waals surface area contributed by atoms with E-state index in [1.54, 1.807) is 0 Å². The molecule has 0 aromatic heterocycles. The van der Waals surface area contributed by atoms with Crippen LogP contribution in [-0.2, 0) is 4.74 Å². The van der Waals surface area contributed by atoms with Gasteiger partial charge in [-0.15, -0.1) is 0 Å². The molecule has 0 aliphatic rings. The Bertz CT molecular complexity index is 124. The highest BCUT2D eigenvalue weighted by Crippen LogP contribution is 2.21. The van der Waals surface area contributed by atoms with E-state index in [1.807, 2.05) is 34.6 Å². The second kappa shape index (κ2) is 4.22. The van der Waals surface area contributed by atoms with Crippen molar-refractivity contribution in [3.63, 3.8) is 0 Å². The van der Waals surface area contributed by atoms with Crippen molar-refractivity contribution >= 4 is 0 Å². The minimum atomic E-state index is -0.277. The highest BCUT2D eigenvalue weighted by atomic mass is 19.1. The van der Waals surface area contributed by atoms with Gasteiger partial charge in [0.15, 0.2) is 0 Å². The Balaban J connectivity index is 3.57. The summed E-state index contributed by atoms with van der Waals surface area (Å²) in [7, 11) is 0. The van der Waals surface area contributed by atoms with Crippen molar-refractivity contribution in [1.29, 1.82) is 0 Å². The van der Waals surface area contributed by atoms with Gasteiger partial charge >= 0.3 is 0 Å². The second-order valence-corrected chi connectivity index (χ2v) is 5.01. The highest BCUT2D eigenvalue weighted by molar-refractivity contribution is 4.68. The van der Waals surface area contributed by atoms with E-state index in [4.69, 9.17) is 4.74 Å². The minimum Gasteiger partial charge on any atom is -0.376 e. The Hall–Kier alpha value is -0.110. The molecule has 0 unspecified atom stereocenters. The zero-order chi connectivity index (χ0) is 9.83. The van der Waals surface area contributed by atoms with Gasteiger partial charge in [-0.2, -0.15) is 0 Å². The number of ether oxygens (including phenoxy) is 1. The summed E-state index contributed by atoms with van der Waals surface area (Å²) in [5.41, 5.74) is -0.336. The van der Waals surface area contributed by atoms with E-state index in [0.29, 0.717) is 6.61 Å². The Morgan fingerprint density at radius 1 is 1.08 bits per heavy atom. The number of alkyl halides is 1. The van der Waals surface area contributed by atoms with Crippen molar-refractivity contribution in [2.75, 3.05) is 13.3 Å². The van der Waals surface area contributed by atoms with Crippen LogP contribution in [0.25, 0.3) is 0 Å². The van der Waals surface area contributed by atoms with E-state index in [1.165, 1.54) is 0 Å². The summed E-state index contributed by atoms with van der Waals surface area (Å²) in [6.45, 7) is 10.2. The molecule has 0 radical (unpaired) electrons. The maximum absolute atomic E-state index is 12.3. The highest BCUT2D eigenvalue weighted by Gasteiger charge is 2.19. The Kier molecular flexibility index (Phi) is 4.18. The first-order valence-corrected chi connectivity index (χ1v) is 4.47. The summed E-state index contributed by atoms with van der Waals surface area (Å²) in [5, 5.41) is 0. The molecule has 0 N–H and O–H groups in total. The summed E-state index contributed by atoms with van der Waals surface area (Å²) in [5.74, 6) is 0. The molecule has 74 valence electrons. The Labute approximate surface area is 75.3 Å². The van der Waals surface area contributed by atoms with Crippen LogP contribution < -0.4 is 0 Å². The van der Waals surface area contributed by atoms with Crippen molar-refractivity contribution in [3.05, 3.63) is 0 Å². The summed E-state index contributed by atoms with van der Waals surface area (Å²) in [6, 6.07) is 0. The van der Waals surface area contributed by atoms with Crippen LogP contribution in [0.4, 0.5) is 4.39 Å². The molecule has 0 rings (SSSR count). The molecule has 0 heterocycles. The summed E-state index contributed by atoms with van der Waals surface area (Å²) < 4.78 is 17.8. The molecule has 1 nitrogen and oxygen atoms in total. The van der Waals surface area contributed by atoms with Gasteiger partial charge in [0.25, 0.3) is 0 Å². The average Bonchev–Trinajstić information content (AvgIpc) is 1.84. The molecule has 0 fully saturated rings. The van der Waals surface area contributed by atoms with E-state index >= 15 is 0 Å². The van der Waals surface area contributed by atoms with Gasteiger partial charge in [0.1, 0.15) is 0 Å². The lowest BCUT2D eigenvalue weighted by Crippen LogP contribution is -2.24. The van der Waals surface area contributed by atoms with Crippen LogP contribution >= 0.6 is 0 Å². The number of hydrogen-bond donors (Lipinski definition) is 0. The van der Waals surface area contributed by atoms with Gasteiger partial charge in [-0.1, -0.05) is 13.8 Å². The van der Waals surface area contributed by atoms with Gasteiger partial charge < -0.3 is 4.74 Å². The van der Waals surface area contributed by atoms with Crippen LogP contribution in [-0.4, -0.2) is 18.9 Å². The number of rotatable bonds is 4. The molecule has 0 aliphatic heterocycles. The van der Waals surface area contributed by atoms with Crippen LogP contribution in [0.1, 0.15) is 41.0 Å². The van der Waals surface area contributed by atoms with Crippen molar-refractivity contribution in [3.8, 4) is 0 Å². The fourth-order valence-corrected chi connectivity index (χ4v) is 0.700. The van der Waals surface area contributed by atoms with Crippen LogP contribution in [0.5, 0.6) is 0 Å². The van der Waals surface area contributed by atoms with E-state index in [9.17, 15) is 4.39 Å². The van der Waals surface area contributed by atoms with Gasteiger partial charge in [-0.3, -0.25) is 4.39 Å². The van der Waals surface area contributed by atoms with E-state index in [0.717, 1.165) is 6.42 Å². The molecule has 0 atom stereocenters. The SMILES string of the molecule is CC(C)(CF)CCOC(C)(C)C. The van der Waals surface area contributed by atoms with Gasteiger partial charge in [0.05, 0.1) is 12.3 Å². The standard InChI is InChI=1S/C10H21FO/c1-9(2,3)12-7-6-10(4,5)8-11/h6-8H2,1-5H3. The fourth-order valence-electron chi connectivity index (χ4n) is 0.700. The molecule has 0 spiro atoms. The molecule has 2 heteroatoms. The Morgan fingerprint density at radius 3 is 1.92 bits per heavy atom. The molecule has 0 aliphatic carbocycles. The zero-order valence-corrected chi connectivity index (χ0v) is 8.91. The topological polar surface area (TPSA) is 9.23 Å². The third kappa shape index (κ3) is 6.59. The minimum absolute atomic E-state index is 0.105. The summed E-state index contributed by atoms with van der Waals surface area (Å²) >= 11 is 0. The third-order valence-corrected chi connectivity index (χ3v) is 1.68. The lowest BCUT2D eigenvalue weighted by Gasteiger charge is -2.24. The first-order valence-electron chi connectivity index (χ1n) is 4.47. The summed E-state index contributed by atoms with van der Waals surface area (Å²) in [4.78, 5) is 0. The zero-order valence-electron chi connectivity index (χ0n) is 8.91. The van der Waals surface area contributed by atoms with E-state index < -0.39 is 0 Å². The third-order valence-electron chi connectivity index (χ3n) is 1.68. The number of halogens is 1. The molecule has 0 saturated carbocycles. The van der Waals surface area contributed by atoms with Crippen LogP contribution in [0.15, 0.2) is 0 Å². The molecule has 0 saturated heterocycles. The molecular formula is C10H21FO. The van der Waals surface area contributed by atoms with Gasteiger partial charge in [-0.05, 0) is 32.6 Å². The van der Waals surface area contributed by atoms with Crippen molar-refractivity contribution in [2.45, 2.75) is 46.6 Å². The van der Waals surface area contributed by atoms with Crippen molar-refractivity contribution in [1.82, 2.24) is 0 Å². The fraction of sp³-hybridized carbons (Fsp3) is 1.00. The van der Waals surface area contributed by atoms with Crippen molar-refractivity contribution in [2.24, 2.45) is 5.41 Å². The van der Waals surface area contributed by atoms with Gasteiger partial charge in [0.2, 0.25) is 0 Å². The molecule has 0 bridgehead atoms. The summed E-state index contributed by atoms with van der Waals surface area (Å²) in [6.07, 6.45) is 0.779.